The van der Waals surface area contributed by atoms with E-state index >= 15 is 0 Å². The molecular weight excluding hydrogens is 202 g/mol. The molecule has 0 amide bonds. The molecule has 1 aromatic heterocycles. The van der Waals surface area contributed by atoms with Crippen molar-refractivity contribution in [2.24, 2.45) is 5.41 Å². The first-order valence-electron chi connectivity index (χ1n) is 6.06. The highest BCUT2D eigenvalue weighted by Gasteiger charge is 2.25. The largest absolute Gasteiger partial charge is 0.448 e. The van der Waals surface area contributed by atoms with Crippen LogP contribution in [0.25, 0.3) is 0 Å². The standard InChI is InChI=1S/C13H21NO2/c1-13(2,3)7-11-12(16-9-14-11)10-5-4-6-15-8-10/h9-10H,4-8H2,1-3H3. The highest BCUT2D eigenvalue weighted by Crippen LogP contribution is 2.30. The zero-order valence-electron chi connectivity index (χ0n) is 10.5. The van der Waals surface area contributed by atoms with Gasteiger partial charge in [-0.3, -0.25) is 0 Å². The van der Waals surface area contributed by atoms with Crippen molar-refractivity contribution in [3.63, 3.8) is 0 Å². The molecule has 0 bridgehead atoms. The van der Waals surface area contributed by atoms with E-state index in [0.717, 1.165) is 43.9 Å². The molecule has 0 aliphatic carbocycles. The lowest BCUT2D eigenvalue weighted by Gasteiger charge is -2.22. The summed E-state index contributed by atoms with van der Waals surface area (Å²) in [6.07, 6.45) is 4.83. The summed E-state index contributed by atoms with van der Waals surface area (Å²) in [6, 6.07) is 0. The molecule has 0 radical (unpaired) electrons. The van der Waals surface area contributed by atoms with E-state index in [2.05, 4.69) is 25.8 Å². The lowest BCUT2D eigenvalue weighted by molar-refractivity contribution is 0.0736. The fourth-order valence-electron chi connectivity index (χ4n) is 2.19. The smallest absolute Gasteiger partial charge is 0.181 e. The van der Waals surface area contributed by atoms with Gasteiger partial charge >= 0.3 is 0 Å². The summed E-state index contributed by atoms with van der Waals surface area (Å²) in [5.41, 5.74) is 1.37. The number of ether oxygens (including phenoxy) is 1. The Kier molecular flexibility index (Phi) is 3.33. The van der Waals surface area contributed by atoms with Gasteiger partial charge in [0.2, 0.25) is 0 Å². The van der Waals surface area contributed by atoms with Gasteiger partial charge in [-0.15, -0.1) is 0 Å². The summed E-state index contributed by atoms with van der Waals surface area (Å²) in [4.78, 5) is 4.35. The van der Waals surface area contributed by atoms with Gasteiger partial charge in [0.05, 0.1) is 12.3 Å². The SMILES string of the molecule is CC(C)(C)Cc1ncoc1C1CCCOC1. The summed E-state index contributed by atoms with van der Waals surface area (Å²) in [7, 11) is 0. The molecule has 1 saturated heterocycles. The summed E-state index contributed by atoms with van der Waals surface area (Å²) >= 11 is 0. The third-order valence-corrected chi connectivity index (χ3v) is 2.90. The molecule has 1 fully saturated rings. The fraction of sp³-hybridized carbons (Fsp3) is 0.769. The fourth-order valence-corrected chi connectivity index (χ4v) is 2.19. The van der Waals surface area contributed by atoms with Crippen LogP contribution in [0, 0.1) is 5.41 Å². The molecule has 0 saturated carbocycles. The van der Waals surface area contributed by atoms with Crippen molar-refractivity contribution >= 4 is 0 Å². The first-order chi connectivity index (χ1) is 7.56. The first kappa shape index (κ1) is 11.6. The van der Waals surface area contributed by atoms with Gasteiger partial charge in [0, 0.05) is 12.5 Å². The van der Waals surface area contributed by atoms with Crippen LogP contribution in [0.2, 0.25) is 0 Å². The Labute approximate surface area is 97.2 Å². The van der Waals surface area contributed by atoms with Gasteiger partial charge in [0.15, 0.2) is 6.39 Å². The normalized spacial score (nSPS) is 22.3. The van der Waals surface area contributed by atoms with E-state index in [0.29, 0.717) is 5.92 Å². The van der Waals surface area contributed by atoms with Gasteiger partial charge < -0.3 is 9.15 Å². The first-order valence-corrected chi connectivity index (χ1v) is 6.06. The van der Waals surface area contributed by atoms with Crippen molar-refractivity contribution in [2.45, 2.75) is 46.0 Å². The van der Waals surface area contributed by atoms with Gasteiger partial charge in [-0.05, 0) is 24.7 Å². The minimum Gasteiger partial charge on any atom is -0.448 e. The van der Waals surface area contributed by atoms with Crippen LogP contribution in [0.15, 0.2) is 10.8 Å². The molecule has 1 atom stereocenters. The van der Waals surface area contributed by atoms with Gasteiger partial charge in [-0.25, -0.2) is 4.98 Å². The van der Waals surface area contributed by atoms with Gasteiger partial charge in [0.1, 0.15) is 5.76 Å². The average molecular weight is 223 g/mol. The molecule has 1 aliphatic rings. The molecule has 1 aliphatic heterocycles. The highest BCUT2D eigenvalue weighted by molar-refractivity contribution is 5.14. The van der Waals surface area contributed by atoms with Crippen LogP contribution < -0.4 is 0 Å². The number of aromatic nitrogens is 1. The summed E-state index contributed by atoms with van der Waals surface area (Å²) in [5.74, 6) is 1.46. The van der Waals surface area contributed by atoms with Crippen LogP contribution in [-0.2, 0) is 11.2 Å². The van der Waals surface area contributed by atoms with Crippen LogP contribution in [-0.4, -0.2) is 18.2 Å². The van der Waals surface area contributed by atoms with Crippen molar-refractivity contribution in [1.82, 2.24) is 4.98 Å². The molecule has 1 unspecified atom stereocenters. The Hall–Kier alpha value is -0.830. The van der Waals surface area contributed by atoms with Crippen molar-refractivity contribution in [2.75, 3.05) is 13.2 Å². The second-order valence-corrected chi connectivity index (χ2v) is 5.81. The van der Waals surface area contributed by atoms with E-state index in [1.807, 2.05) is 0 Å². The molecule has 0 aromatic carbocycles. The maximum absolute atomic E-state index is 5.56. The third-order valence-electron chi connectivity index (χ3n) is 2.90. The number of hydrogen-bond acceptors (Lipinski definition) is 3. The quantitative estimate of drug-likeness (QED) is 0.772. The minimum atomic E-state index is 0.251. The Bertz CT molecular complexity index is 332. The zero-order chi connectivity index (χ0) is 11.6. The maximum atomic E-state index is 5.56. The molecule has 16 heavy (non-hydrogen) atoms. The van der Waals surface area contributed by atoms with Gasteiger partial charge in [-0.1, -0.05) is 20.8 Å². The Balaban J connectivity index is 2.11. The highest BCUT2D eigenvalue weighted by atomic mass is 16.5. The van der Waals surface area contributed by atoms with Crippen LogP contribution in [0.5, 0.6) is 0 Å². The molecule has 90 valence electrons. The van der Waals surface area contributed by atoms with Crippen molar-refractivity contribution in [3.05, 3.63) is 17.8 Å². The second-order valence-electron chi connectivity index (χ2n) is 5.81. The molecule has 3 heteroatoms. The van der Waals surface area contributed by atoms with E-state index in [1.165, 1.54) is 0 Å². The predicted octanol–water partition coefficient (Wildman–Crippen LogP) is 3.16. The molecule has 2 rings (SSSR count). The summed E-state index contributed by atoms with van der Waals surface area (Å²) in [5, 5.41) is 0. The molecule has 0 N–H and O–H groups in total. The van der Waals surface area contributed by atoms with E-state index in [9.17, 15) is 0 Å². The lowest BCUT2D eigenvalue weighted by atomic mass is 9.87. The van der Waals surface area contributed by atoms with Crippen LogP contribution in [0.1, 0.15) is 51.0 Å². The topological polar surface area (TPSA) is 35.3 Å². The van der Waals surface area contributed by atoms with Crippen molar-refractivity contribution in [3.8, 4) is 0 Å². The zero-order valence-corrected chi connectivity index (χ0v) is 10.5. The average Bonchev–Trinajstić information content (AvgIpc) is 2.64. The third kappa shape index (κ3) is 2.85. The van der Waals surface area contributed by atoms with E-state index in [1.54, 1.807) is 6.39 Å². The van der Waals surface area contributed by atoms with Crippen LogP contribution in [0.3, 0.4) is 0 Å². The molecular formula is C13H21NO2. The Morgan fingerprint density at radius 1 is 1.44 bits per heavy atom. The molecule has 0 spiro atoms. The Morgan fingerprint density at radius 2 is 2.25 bits per heavy atom. The van der Waals surface area contributed by atoms with Gasteiger partial charge in [0.25, 0.3) is 0 Å². The summed E-state index contributed by atoms with van der Waals surface area (Å²) in [6.45, 7) is 8.35. The maximum Gasteiger partial charge on any atom is 0.181 e. The monoisotopic (exact) mass is 223 g/mol. The predicted molar refractivity (Wildman–Crippen MR) is 62.5 cm³/mol. The van der Waals surface area contributed by atoms with Crippen LogP contribution in [0.4, 0.5) is 0 Å². The van der Waals surface area contributed by atoms with Crippen molar-refractivity contribution < 1.29 is 9.15 Å². The summed E-state index contributed by atoms with van der Waals surface area (Å²) < 4.78 is 11.1. The second kappa shape index (κ2) is 4.58. The lowest BCUT2D eigenvalue weighted by Crippen LogP contribution is -2.18. The van der Waals surface area contributed by atoms with E-state index < -0.39 is 0 Å². The Morgan fingerprint density at radius 3 is 2.88 bits per heavy atom. The number of rotatable bonds is 2. The number of oxazole rings is 1. The van der Waals surface area contributed by atoms with Gasteiger partial charge in [-0.2, -0.15) is 0 Å². The molecule has 2 heterocycles. The van der Waals surface area contributed by atoms with Crippen molar-refractivity contribution in [1.29, 1.82) is 0 Å². The van der Waals surface area contributed by atoms with E-state index in [-0.39, 0.29) is 5.41 Å². The van der Waals surface area contributed by atoms with Crippen LogP contribution >= 0.6 is 0 Å². The molecule has 3 nitrogen and oxygen atoms in total. The number of nitrogens with zero attached hydrogens (tertiary/aromatic N) is 1. The molecule has 1 aromatic rings. The van der Waals surface area contributed by atoms with E-state index in [4.69, 9.17) is 9.15 Å². The minimum absolute atomic E-state index is 0.251. The number of hydrogen-bond donors (Lipinski definition) is 0.